The molecule has 0 spiro atoms. The first-order valence-electron chi connectivity index (χ1n) is 6.71. The van der Waals surface area contributed by atoms with E-state index in [0.29, 0.717) is 6.54 Å². The second-order valence-electron chi connectivity index (χ2n) is 5.27. The molecule has 0 bridgehead atoms. The lowest BCUT2D eigenvalue weighted by atomic mass is 10.00. The fourth-order valence-electron chi connectivity index (χ4n) is 2.31. The second-order valence-corrected chi connectivity index (χ2v) is 7.31. The van der Waals surface area contributed by atoms with E-state index in [1.807, 2.05) is 20.8 Å². The molecule has 108 valence electrons. The summed E-state index contributed by atoms with van der Waals surface area (Å²) in [7, 11) is -3.24. The number of hydrogen-bond donors (Lipinski definition) is 1. The third kappa shape index (κ3) is 4.50. The van der Waals surface area contributed by atoms with Crippen LogP contribution in [0.3, 0.4) is 0 Å². The number of sulfonamides is 1. The maximum atomic E-state index is 12.3. The molecule has 2 unspecified atom stereocenters. The van der Waals surface area contributed by atoms with E-state index in [9.17, 15) is 8.42 Å². The third-order valence-electron chi connectivity index (χ3n) is 3.25. The molecule has 0 amide bonds. The van der Waals surface area contributed by atoms with Crippen molar-refractivity contribution in [1.82, 2.24) is 4.31 Å². The Kier molecular flexibility index (Phi) is 6.04. The van der Waals surface area contributed by atoms with Gasteiger partial charge in [-0.25, -0.2) is 8.42 Å². The van der Waals surface area contributed by atoms with Crippen LogP contribution in [0.25, 0.3) is 0 Å². The average molecular weight is 278 g/mol. The second kappa shape index (κ2) is 6.84. The summed E-state index contributed by atoms with van der Waals surface area (Å²) in [5, 5.41) is 0. The summed E-state index contributed by atoms with van der Waals surface area (Å²) in [5.74, 6) is 0.0500. The molecule has 0 saturated carbocycles. The zero-order chi connectivity index (χ0) is 13.8. The topological polar surface area (TPSA) is 72.6 Å². The van der Waals surface area contributed by atoms with E-state index in [4.69, 9.17) is 10.5 Å². The number of nitrogens with zero attached hydrogens (tertiary/aromatic N) is 1. The van der Waals surface area contributed by atoms with Crippen LogP contribution >= 0.6 is 0 Å². The lowest BCUT2D eigenvalue weighted by Crippen LogP contribution is -2.52. The van der Waals surface area contributed by atoms with Crippen molar-refractivity contribution in [2.75, 3.05) is 18.9 Å². The first-order chi connectivity index (χ1) is 8.34. The molecular weight excluding hydrogens is 252 g/mol. The number of rotatable bonds is 6. The van der Waals surface area contributed by atoms with Gasteiger partial charge in [0.2, 0.25) is 10.0 Å². The van der Waals surface area contributed by atoms with E-state index in [1.54, 1.807) is 4.31 Å². The van der Waals surface area contributed by atoms with Crippen LogP contribution in [0.5, 0.6) is 0 Å². The van der Waals surface area contributed by atoms with E-state index in [-0.39, 0.29) is 30.5 Å². The minimum absolute atomic E-state index is 0.0500. The molecular formula is C12H26N2O3S. The van der Waals surface area contributed by atoms with Gasteiger partial charge in [0.25, 0.3) is 0 Å². The van der Waals surface area contributed by atoms with Gasteiger partial charge < -0.3 is 10.5 Å². The van der Waals surface area contributed by atoms with Gasteiger partial charge in [-0.15, -0.1) is 0 Å². The van der Waals surface area contributed by atoms with Crippen LogP contribution in [0.1, 0.15) is 40.0 Å². The summed E-state index contributed by atoms with van der Waals surface area (Å²) in [5.41, 5.74) is 5.89. The molecule has 0 aliphatic carbocycles. The minimum Gasteiger partial charge on any atom is -0.378 e. The fraction of sp³-hybridized carbons (Fsp3) is 1.00. The van der Waals surface area contributed by atoms with Crippen molar-refractivity contribution in [2.24, 2.45) is 5.73 Å². The van der Waals surface area contributed by atoms with Crippen LogP contribution in [0, 0.1) is 0 Å². The van der Waals surface area contributed by atoms with Gasteiger partial charge in [-0.2, -0.15) is 4.31 Å². The Bertz CT molecular complexity index is 341. The van der Waals surface area contributed by atoms with Crippen molar-refractivity contribution < 1.29 is 13.2 Å². The van der Waals surface area contributed by atoms with Crippen molar-refractivity contribution >= 4 is 10.0 Å². The summed E-state index contributed by atoms with van der Waals surface area (Å²) < 4.78 is 31.5. The summed E-state index contributed by atoms with van der Waals surface area (Å²) in [6.45, 7) is 6.53. The van der Waals surface area contributed by atoms with Crippen molar-refractivity contribution in [3.05, 3.63) is 0 Å². The molecule has 0 aromatic rings. The highest BCUT2D eigenvalue weighted by Crippen LogP contribution is 2.22. The maximum absolute atomic E-state index is 12.3. The van der Waals surface area contributed by atoms with E-state index >= 15 is 0 Å². The molecule has 18 heavy (non-hydrogen) atoms. The molecule has 0 aromatic heterocycles. The molecule has 1 aliphatic heterocycles. The van der Waals surface area contributed by atoms with Crippen LogP contribution in [0.4, 0.5) is 0 Å². The standard InChI is InChI=1S/C12H26N2O3S/c1-10(2)17-8-9-18(15,16)14-7-5-4-6-12(14)11(3)13/h10-12H,4-9,13H2,1-3H3. The van der Waals surface area contributed by atoms with Crippen molar-refractivity contribution in [3.63, 3.8) is 0 Å². The van der Waals surface area contributed by atoms with Gasteiger partial charge in [0, 0.05) is 18.6 Å². The third-order valence-corrected chi connectivity index (χ3v) is 5.11. The highest BCUT2D eigenvalue weighted by molar-refractivity contribution is 7.89. The largest absolute Gasteiger partial charge is 0.378 e. The van der Waals surface area contributed by atoms with Crippen molar-refractivity contribution in [3.8, 4) is 0 Å². The van der Waals surface area contributed by atoms with Gasteiger partial charge in [0.15, 0.2) is 0 Å². The van der Waals surface area contributed by atoms with Crippen LogP contribution in [0.15, 0.2) is 0 Å². The molecule has 0 radical (unpaired) electrons. The summed E-state index contributed by atoms with van der Waals surface area (Å²) in [4.78, 5) is 0. The fourth-order valence-corrected chi connectivity index (χ4v) is 3.97. The lowest BCUT2D eigenvalue weighted by molar-refractivity contribution is 0.0901. The molecule has 2 atom stereocenters. The Morgan fingerprint density at radius 1 is 1.33 bits per heavy atom. The molecule has 5 nitrogen and oxygen atoms in total. The zero-order valence-corrected chi connectivity index (χ0v) is 12.4. The Labute approximate surface area is 111 Å². The van der Waals surface area contributed by atoms with E-state index < -0.39 is 10.0 Å². The normalized spacial score (nSPS) is 24.4. The predicted octanol–water partition coefficient (Wildman–Crippen LogP) is 0.943. The SMILES string of the molecule is CC(C)OCCS(=O)(=O)N1CCCCC1C(C)N. The number of ether oxygens (including phenoxy) is 1. The van der Waals surface area contributed by atoms with Gasteiger partial charge in [0.05, 0.1) is 18.5 Å². The molecule has 0 aromatic carbocycles. The molecule has 1 fully saturated rings. The Hall–Kier alpha value is -0.170. The Morgan fingerprint density at radius 2 is 2.00 bits per heavy atom. The summed E-state index contributed by atoms with van der Waals surface area (Å²) >= 11 is 0. The van der Waals surface area contributed by atoms with Crippen LogP contribution in [-0.2, 0) is 14.8 Å². The summed E-state index contributed by atoms with van der Waals surface area (Å²) in [6.07, 6.45) is 2.90. The molecule has 6 heteroatoms. The number of nitrogens with two attached hydrogens (primary N) is 1. The molecule has 1 aliphatic rings. The van der Waals surface area contributed by atoms with E-state index in [2.05, 4.69) is 0 Å². The molecule has 1 heterocycles. The van der Waals surface area contributed by atoms with Gasteiger partial charge in [0.1, 0.15) is 0 Å². The first kappa shape index (κ1) is 15.9. The van der Waals surface area contributed by atoms with Crippen molar-refractivity contribution in [2.45, 2.75) is 58.2 Å². The Balaban J connectivity index is 2.63. The number of hydrogen-bond acceptors (Lipinski definition) is 4. The smallest absolute Gasteiger partial charge is 0.216 e. The summed E-state index contributed by atoms with van der Waals surface area (Å²) in [6, 6.07) is -0.172. The van der Waals surface area contributed by atoms with Gasteiger partial charge in [-0.05, 0) is 33.6 Å². The van der Waals surface area contributed by atoms with E-state index in [1.165, 1.54) is 0 Å². The zero-order valence-electron chi connectivity index (χ0n) is 11.6. The minimum atomic E-state index is -3.24. The molecule has 2 N–H and O–H groups in total. The number of piperidine rings is 1. The van der Waals surface area contributed by atoms with Crippen LogP contribution in [0.2, 0.25) is 0 Å². The van der Waals surface area contributed by atoms with E-state index in [0.717, 1.165) is 19.3 Å². The molecule has 1 rings (SSSR count). The monoisotopic (exact) mass is 278 g/mol. The van der Waals surface area contributed by atoms with Gasteiger partial charge in [-0.1, -0.05) is 6.42 Å². The maximum Gasteiger partial charge on any atom is 0.216 e. The average Bonchev–Trinajstić information content (AvgIpc) is 2.28. The van der Waals surface area contributed by atoms with Crippen molar-refractivity contribution in [1.29, 1.82) is 0 Å². The van der Waals surface area contributed by atoms with Gasteiger partial charge >= 0.3 is 0 Å². The van der Waals surface area contributed by atoms with Crippen LogP contribution in [-0.4, -0.2) is 49.8 Å². The first-order valence-corrected chi connectivity index (χ1v) is 8.32. The molecule has 1 saturated heterocycles. The lowest BCUT2D eigenvalue weighted by Gasteiger charge is -2.36. The predicted molar refractivity (Wildman–Crippen MR) is 72.9 cm³/mol. The van der Waals surface area contributed by atoms with Crippen LogP contribution < -0.4 is 5.73 Å². The highest BCUT2D eigenvalue weighted by atomic mass is 32.2. The highest BCUT2D eigenvalue weighted by Gasteiger charge is 2.33. The van der Waals surface area contributed by atoms with Gasteiger partial charge in [-0.3, -0.25) is 0 Å². The quantitative estimate of drug-likeness (QED) is 0.785. The Morgan fingerprint density at radius 3 is 2.56 bits per heavy atom.